The second-order valence-corrected chi connectivity index (χ2v) is 11.4. The zero-order chi connectivity index (χ0) is 29.5. The number of carbonyl (C=O) groups excluding carboxylic acids is 1. The Morgan fingerprint density at radius 3 is 2.31 bits per heavy atom. The Hall–Kier alpha value is -4.74. The molecular weight excluding hydrogens is 556 g/mol. The summed E-state index contributed by atoms with van der Waals surface area (Å²) in [5.74, 6) is 1.49. The van der Waals surface area contributed by atoms with E-state index in [2.05, 4.69) is 15.5 Å². The topological polar surface area (TPSA) is 119 Å². The van der Waals surface area contributed by atoms with Gasteiger partial charge < -0.3 is 14.2 Å². The molecule has 0 radical (unpaired) electrons. The van der Waals surface area contributed by atoms with Crippen molar-refractivity contribution in [2.75, 3.05) is 20.3 Å². The molecule has 4 aromatic rings. The minimum Gasteiger partial charge on any atom is -0.497 e. The predicted octanol–water partition coefficient (Wildman–Crippen LogP) is 4.41. The van der Waals surface area contributed by atoms with Crippen molar-refractivity contribution in [1.82, 2.24) is 14.7 Å². The summed E-state index contributed by atoms with van der Waals surface area (Å²) < 4.78 is 45.0. The molecule has 10 nitrogen and oxygen atoms in total. The molecule has 0 saturated heterocycles. The second kappa shape index (κ2) is 12.8. The molecule has 0 unspecified atom stereocenters. The average molecular weight is 587 g/mol. The molecule has 3 aromatic carbocycles. The van der Waals surface area contributed by atoms with Gasteiger partial charge >= 0.3 is 0 Å². The fraction of sp³-hybridized carbons (Fsp3) is 0.194. The van der Waals surface area contributed by atoms with Crippen molar-refractivity contribution >= 4 is 21.6 Å². The Bertz CT molecular complexity index is 1680. The molecule has 42 heavy (non-hydrogen) atoms. The first-order valence-corrected chi connectivity index (χ1v) is 14.6. The van der Waals surface area contributed by atoms with Gasteiger partial charge in [0.15, 0.2) is 11.5 Å². The Kier molecular flexibility index (Phi) is 8.80. The van der Waals surface area contributed by atoms with Gasteiger partial charge in [0.25, 0.3) is 5.91 Å². The van der Waals surface area contributed by atoms with Crippen LogP contribution < -0.4 is 19.6 Å². The number of fused-ring (bicyclic) bond motifs is 1. The van der Waals surface area contributed by atoms with E-state index in [0.717, 1.165) is 11.1 Å². The number of ether oxygens (including phenoxy) is 3. The summed E-state index contributed by atoms with van der Waals surface area (Å²) in [4.78, 5) is 17.1. The number of sulfonamides is 1. The van der Waals surface area contributed by atoms with E-state index in [9.17, 15) is 13.2 Å². The van der Waals surface area contributed by atoms with Crippen LogP contribution in [0.5, 0.6) is 17.2 Å². The van der Waals surface area contributed by atoms with Gasteiger partial charge in [0.05, 0.1) is 17.7 Å². The van der Waals surface area contributed by atoms with Crippen LogP contribution in [0.2, 0.25) is 0 Å². The number of pyridine rings is 1. The molecule has 1 N–H and O–H groups in total. The van der Waals surface area contributed by atoms with Crippen LogP contribution in [0.1, 0.15) is 34.0 Å². The van der Waals surface area contributed by atoms with Gasteiger partial charge in [0.2, 0.25) is 10.0 Å². The summed E-state index contributed by atoms with van der Waals surface area (Å²) >= 11 is 0. The Balaban J connectivity index is 1.29. The molecule has 5 rings (SSSR count). The standard InChI is InChI=1S/C31H30N4O6S/c1-22(26-9-14-29-30(18-26)41-17-16-40-29)33-34-31(36)25-7-5-23(6-8-25)20-35(21-24-4-3-15-32-19-24)42(37,38)28-12-10-27(39-2)11-13-28/h3-15,18-19H,16-17,20-21H2,1-2H3,(H,34,36). The smallest absolute Gasteiger partial charge is 0.271 e. The minimum absolute atomic E-state index is 0.0898. The zero-order valence-corrected chi connectivity index (χ0v) is 24.0. The van der Waals surface area contributed by atoms with Crippen molar-refractivity contribution in [2.24, 2.45) is 5.10 Å². The summed E-state index contributed by atoms with van der Waals surface area (Å²) in [6.07, 6.45) is 3.27. The van der Waals surface area contributed by atoms with Crippen LogP contribution in [0, 0.1) is 0 Å². The average Bonchev–Trinajstić information content (AvgIpc) is 3.03. The van der Waals surface area contributed by atoms with E-state index in [1.54, 1.807) is 61.8 Å². The number of aromatic nitrogens is 1. The molecule has 0 bridgehead atoms. The maximum Gasteiger partial charge on any atom is 0.271 e. The number of amides is 1. The molecule has 0 spiro atoms. The van der Waals surface area contributed by atoms with E-state index in [0.29, 0.717) is 47.3 Å². The maximum atomic E-state index is 13.6. The van der Waals surface area contributed by atoms with Crippen molar-refractivity contribution in [1.29, 1.82) is 0 Å². The fourth-order valence-electron chi connectivity index (χ4n) is 4.32. The molecule has 0 fully saturated rings. The summed E-state index contributed by atoms with van der Waals surface area (Å²) in [5.41, 5.74) is 5.82. The molecule has 0 saturated carbocycles. The van der Waals surface area contributed by atoms with Crippen LogP contribution in [-0.2, 0) is 23.1 Å². The van der Waals surface area contributed by atoms with Crippen molar-refractivity contribution in [3.05, 3.63) is 114 Å². The number of benzene rings is 3. The quantitative estimate of drug-likeness (QED) is 0.216. The normalized spacial score (nSPS) is 13.1. The summed E-state index contributed by atoms with van der Waals surface area (Å²) in [6, 6.07) is 22.1. The first kappa shape index (κ1) is 28.8. The third-order valence-corrected chi connectivity index (χ3v) is 8.45. The van der Waals surface area contributed by atoms with Crippen LogP contribution in [0.4, 0.5) is 0 Å². The van der Waals surface area contributed by atoms with E-state index in [1.165, 1.54) is 23.5 Å². The molecule has 0 aliphatic carbocycles. The third kappa shape index (κ3) is 6.76. The lowest BCUT2D eigenvalue weighted by atomic mass is 10.1. The molecule has 216 valence electrons. The first-order chi connectivity index (χ1) is 20.3. The number of nitrogens with zero attached hydrogens (tertiary/aromatic N) is 3. The third-order valence-electron chi connectivity index (χ3n) is 6.64. The van der Waals surface area contributed by atoms with Gasteiger partial charge in [-0.2, -0.15) is 9.41 Å². The lowest BCUT2D eigenvalue weighted by Gasteiger charge is -2.22. The maximum absolute atomic E-state index is 13.6. The van der Waals surface area contributed by atoms with E-state index >= 15 is 0 Å². The number of rotatable bonds is 10. The Morgan fingerprint density at radius 1 is 0.929 bits per heavy atom. The molecule has 0 atom stereocenters. The Morgan fingerprint density at radius 2 is 1.62 bits per heavy atom. The van der Waals surface area contributed by atoms with Gasteiger partial charge in [-0.15, -0.1) is 0 Å². The Labute approximate surface area is 244 Å². The van der Waals surface area contributed by atoms with Crippen LogP contribution >= 0.6 is 0 Å². The second-order valence-electron chi connectivity index (χ2n) is 9.50. The number of carbonyl (C=O) groups is 1. The van der Waals surface area contributed by atoms with Gasteiger partial charge in [-0.25, -0.2) is 13.8 Å². The van der Waals surface area contributed by atoms with Crippen LogP contribution in [0.15, 0.2) is 101 Å². The molecule has 11 heteroatoms. The zero-order valence-electron chi connectivity index (χ0n) is 23.2. The van der Waals surface area contributed by atoms with E-state index in [4.69, 9.17) is 14.2 Å². The largest absolute Gasteiger partial charge is 0.497 e. The van der Waals surface area contributed by atoms with Gasteiger partial charge in [-0.3, -0.25) is 9.78 Å². The van der Waals surface area contributed by atoms with E-state index in [-0.39, 0.29) is 18.0 Å². The number of hydrazone groups is 1. The number of hydrogen-bond donors (Lipinski definition) is 1. The van der Waals surface area contributed by atoms with Crippen LogP contribution in [-0.4, -0.2) is 49.6 Å². The minimum atomic E-state index is -3.86. The highest BCUT2D eigenvalue weighted by molar-refractivity contribution is 7.89. The number of hydrogen-bond acceptors (Lipinski definition) is 8. The molecule has 1 aliphatic rings. The van der Waals surface area contributed by atoms with Gasteiger partial charge in [-0.05, 0) is 78.7 Å². The molecular formula is C31H30N4O6S. The molecule has 1 amide bonds. The van der Waals surface area contributed by atoms with Crippen molar-refractivity contribution in [3.8, 4) is 17.2 Å². The van der Waals surface area contributed by atoms with Crippen molar-refractivity contribution in [3.63, 3.8) is 0 Å². The summed E-state index contributed by atoms with van der Waals surface area (Å²) in [5, 5.41) is 4.23. The van der Waals surface area contributed by atoms with Gasteiger partial charge in [0, 0.05) is 36.6 Å². The number of nitrogens with one attached hydrogen (secondary N) is 1. The lowest BCUT2D eigenvalue weighted by molar-refractivity contribution is 0.0954. The molecule has 1 aromatic heterocycles. The van der Waals surface area contributed by atoms with Crippen molar-refractivity contribution < 1.29 is 27.4 Å². The molecule has 1 aliphatic heterocycles. The highest BCUT2D eigenvalue weighted by atomic mass is 32.2. The van der Waals surface area contributed by atoms with Crippen molar-refractivity contribution in [2.45, 2.75) is 24.9 Å². The highest BCUT2D eigenvalue weighted by Crippen LogP contribution is 2.31. The van der Waals surface area contributed by atoms with Gasteiger partial charge in [-0.1, -0.05) is 18.2 Å². The lowest BCUT2D eigenvalue weighted by Crippen LogP contribution is -2.30. The van der Waals surface area contributed by atoms with Crippen LogP contribution in [0.3, 0.4) is 0 Å². The van der Waals surface area contributed by atoms with Gasteiger partial charge in [0.1, 0.15) is 19.0 Å². The van der Waals surface area contributed by atoms with E-state index in [1.807, 2.05) is 24.3 Å². The summed E-state index contributed by atoms with van der Waals surface area (Å²) in [7, 11) is -2.34. The fourth-order valence-corrected chi connectivity index (χ4v) is 5.73. The predicted molar refractivity (Wildman–Crippen MR) is 157 cm³/mol. The highest BCUT2D eigenvalue weighted by Gasteiger charge is 2.25. The first-order valence-electron chi connectivity index (χ1n) is 13.2. The van der Waals surface area contributed by atoms with E-state index < -0.39 is 15.9 Å². The summed E-state index contributed by atoms with van der Waals surface area (Å²) in [6.45, 7) is 2.99. The number of methoxy groups -OCH3 is 1. The SMILES string of the molecule is COc1ccc(S(=O)(=O)N(Cc2ccc(C(=O)NN=C(C)c3ccc4c(c3)OCCO4)cc2)Cc2cccnc2)cc1. The molecule has 2 heterocycles. The monoisotopic (exact) mass is 586 g/mol. The van der Waals surface area contributed by atoms with Crippen LogP contribution in [0.25, 0.3) is 0 Å².